The molecule has 18 heavy (non-hydrogen) atoms. The van der Waals surface area contributed by atoms with Gasteiger partial charge in [0.05, 0.1) is 13.3 Å². The van der Waals surface area contributed by atoms with Gasteiger partial charge in [0.2, 0.25) is 0 Å². The molecule has 0 amide bonds. The molecule has 2 rings (SSSR count). The van der Waals surface area contributed by atoms with E-state index < -0.39 is 5.97 Å². The zero-order valence-corrected chi connectivity index (χ0v) is 10.3. The summed E-state index contributed by atoms with van der Waals surface area (Å²) >= 11 is 0. The van der Waals surface area contributed by atoms with Gasteiger partial charge in [-0.05, 0) is 17.7 Å². The van der Waals surface area contributed by atoms with Gasteiger partial charge >= 0.3 is 5.97 Å². The molecule has 94 valence electrons. The molecular formula is C13H14N2O3. The Labute approximate surface area is 105 Å². The topological polar surface area (TPSA) is 64.3 Å². The Morgan fingerprint density at radius 3 is 2.56 bits per heavy atom. The van der Waals surface area contributed by atoms with Crippen LogP contribution in [0.15, 0.2) is 30.5 Å². The van der Waals surface area contributed by atoms with E-state index in [-0.39, 0.29) is 5.69 Å². The Hall–Kier alpha value is -2.30. The first kappa shape index (κ1) is 12.2. The first-order chi connectivity index (χ1) is 8.61. The van der Waals surface area contributed by atoms with E-state index in [1.807, 2.05) is 24.3 Å². The molecule has 0 aliphatic carbocycles. The second-order valence-electron chi connectivity index (χ2n) is 3.95. The highest BCUT2D eigenvalue weighted by Gasteiger charge is 2.12. The van der Waals surface area contributed by atoms with E-state index in [0.717, 1.165) is 17.1 Å². The average Bonchev–Trinajstić information content (AvgIpc) is 2.72. The summed E-state index contributed by atoms with van der Waals surface area (Å²) in [6.07, 6.45) is 1.97. The number of carboxylic acids is 1. The zero-order chi connectivity index (χ0) is 13.1. The zero-order valence-electron chi connectivity index (χ0n) is 10.3. The van der Waals surface area contributed by atoms with Crippen LogP contribution in [0.2, 0.25) is 0 Å². The van der Waals surface area contributed by atoms with Crippen molar-refractivity contribution in [2.75, 3.05) is 7.11 Å². The number of hydrogen-bond donors (Lipinski definition) is 1. The molecule has 0 saturated carbocycles. The van der Waals surface area contributed by atoms with Gasteiger partial charge in [0.1, 0.15) is 17.3 Å². The standard InChI is InChI=1S/C13H14N2O3/c1-15-11(13(16)17)8-14-12(15)7-9-3-5-10(18-2)6-4-9/h3-6,8H,7H2,1-2H3,(H,16,17). The molecule has 2 aromatic rings. The third kappa shape index (κ3) is 2.34. The molecule has 0 aliphatic rings. The van der Waals surface area contributed by atoms with E-state index in [1.165, 1.54) is 6.20 Å². The van der Waals surface area contributed by atoms with Gasteiger partial charge in [-0.25, -0.2) is 9.78 Å². The van der Waals surface area contributed by atoms with Gasteiger partial charge < -0.3 is 14.4 Å². The minimum Gasteiger partial charge on any atom is -0.497 e. The van der Waals surface area contributed by atoms with Crippen molar-refractivity contribution in [2.24, 2.45) is 7.05 Å². The number of imidazole rings is 1. The van der Waals surface area contributed by atoms with Crippen LogP contribution in [0.5, 0.6) is 5.75 Å². The summed E-state index contributed by atoms with van der Waals surface area (Å²) < 4.78 is 6.67. The number of ether oxygens (including phenoxy) is 1. The molecular weight excluding hydrogens is 232 g/mol. The Kier molecular flexibility index (Phi) is 3.32. The minimum absolute atomic E-state index is 0.193. The summed E-state index contributed by atoms with van der Waals surface area (Å²) in [6, 6.07) is 7.62. The van der Waals surface area contributed by atoms with Crippen LogP contribution < -0.4 is 4.74 Å². The summed E-state index contributed by atoms with van der Waals surface area (Å²) in [4.78, 5) is 15.0. The molecule has 0 radical (unpaired) electrons. The molecule has 0 atom stereocenters. The van der Waals surface area contributed by atoms with Crippen LogP contribution in [0.25, 0.3) is 0 Å². The van der Waals surface area contributed by atoms with Crippen molar-refractivity contribution in [1.82, 2.24) is 9.55 Å². The van der Waals surface area contributed by atoms with Gasteiger partial charge in [0.15, 0.2) is 0 Å². The Morgan fingerprint density at radius 2 is 2.06 bits per heavy atom. The average molecular weight is 246 g/mol. The minimum atomic E-state index is -0.967. The Bertz CT molecular complexity index is 558. The van der Waals surface area contributed by atoms with Crippen LogP contribution in [0.4, 0.5) is 0 Å². The van der Waals surface area contributed by atoms with Gasteiger partial charge in [-0.3, -0.25) is 0 Å². The van der Waals surface area contributed by atoms with Crippen LogP contribution in [0, 0.1) is 0 Å². The number of carboxylic acid groups (broad SMARTS) is 1. The Balaban J connectivity index is 2.20. The predicted octanol–water partition coefficient (Wildman–Crippen LogP) is 1.72. The van der Waals surface area contributed by atoms with E-state index in [0.29, 0.717) is 6.42 Å². The molecule has 0 aliphatic heterocycles. The fourth-order valence-electron chi connectivity index (χ4n) is 1.74. The van der Waals surface area contributed by atoms with Crippen LogP contribution in [0.1, 0.15) is 21.9 Å². The lowest BCUT2D eigenvalue weighted by Gasteiger charge is -2.05. The molecule has 1 N–H and O–H groups in total. The van der Waals surface area contributed by atoms with E-state index in [1.54, 1.807) is 18.7 Å². The maximum atomic E-state index is 10.9. The monoisotopic (exact) mass is 246 g/mol. The lowest BCUT2D eigenvalue weighted by molar-refractivity contribution is 0.0686. The maximum Gasteiger partial charge on any atom is 0.354 e. The van der Waals surface area contributed by atoms with Crippen LogP contribution in [-0.4, -0.2) is 27.7 Å². The van der Waals surface area contributed by atoms with Crippen LogP contribution in [-0.2, 0) is 13.5 Å². The summed E-state index contributed by atoms with van der Waals surface area (Å²) in [7, 11) is 3.32. The molecule has 0 saturated heterocycles. The predicted molar refractivity (Wildman–Crippen MR) is 66.0 cm³/mol. The SMILES string of the molecule is COc1ccc(Cc2ncc(C(=O)O)n2C)cc1. The van der Waals surface area contributed by atoms with E-state index in [9.17, 15) is 4.79 Å². The number of carbonyl (C=O) groups is 1. The molecule has 0 spiro atoms. The van der Waals surface area contributed by atoms with E-state index in [4.69, 9.17) is 9.84 Å². The van der Waals surface area contributed by atoms with Crippen LogP contribution in [0.3, 0.4) is 0 Å². The first-order valence-electron chi connectivity index (χ1n) is 5.48. The summed E-state index contributed by atoms with van der Waals surface area (Å²) in [5, 5.41) is 8.94. The van der Waals surface area contributed by atoms with Gasteiger partial charge in [-0.15, -0.1) is 0 Å². The lowest BCUT2D eigenvalue weighted by Crippen LogP contribution is -2.07. The molecule has 0 fully saturated rings. The largest absolute Gasteiger partial charge is 0.497 e. The highest BCUT2D eigenvalue weighted by atomic mass is 16.5. The fraction of sp³-hybridized carbons (Fsp3) is 0.231. The van der Waals surface area contributed by atoms with Gasteiger partial charge in [-0.2, -0.15) is 0 Å². The highest BCUT2D eigenvalue weighted by molar-refractivity contribution is 5.85. The van der Waals surface area contributed by atoms with Crippen molar-refractivity contribution in [3.05, 3.63) is 47.5 Å². The quantitative estimate of drug-likeness (QED) is 0.892. The van der Waals surface area contributed by atoms with Gasteiger partial charge in [-0.1, -0.05) is 12.1 Å². The molecule has 5 nitrogen and oxygen atoms in total. The molecule has 1 aromatic heterocycles. The van der Waals surface area contributed by atoms with Crippen molar-refractivity contribution < 1.29 is 14.6 Å². The second kappa shape index (κ2) is 4.91. The van der Waals surface area contributed by atoms with Crippen molar-refractivity contribution in [1.29, 1.82) is 0 Å². The normalized spacial score (nSPS) is 10.3. The summed E-state index contributed by atoms with van der Waals surface area (Å²) in [5.74, 6) is 0.549. The second-order valence-corrected chi connectivity index (χ2v) is 3.95. The molecule has 0 bridgehead atoms. The van der Waals surface area contributed by atoms with Crippen LogP contribution >= 0.6 is 0 Å². The van der Waals surface area contributed by atoms with Crippen molar-refractivity contribution >= 4 is 5.97 Å². The number of aromatic nitrogens is 2. The van der Waals surface area contributed by atoms with Gasteiger partial charge in [0.25, 0.3) is 0 Å². The molecule has 1 heterocycles. The van der Waals surface area contributed by atoms with Crippen molar-refractivity contribution in [3.63, 3.8) is 0 Å². The third-order valence-electron chi connectivity index (χ3n) is 2.82. The van der Waals surface area contributed by atoms with E-state index >= 15 is 0 Å². The number of aromatic carboxylic acids is 1. The number of benzene rings is 1. The molecule has 0 unspecified atom stereocenters. The molecule has 1 aromatic carbocycles. The van der Waals surface area contributed by atoms with Crippen molar-refractivity contribution in [2.45, 2.75) is 6.42 Å². The third-order valence-corrected chi connectivity index (χ3v) is 2.82. The number of hydrogen-bond acceptors (Lipinski definition) is 3. The van der Waals surface area contributed by atoms with E-state index in [2.05, 4.69) is 4.98 Å². The Morgan fingerprint density at radius 1 is 1.39 bits per heavy atom. The highest BCUT2D eigenvalue weighted by Crippen LogP contribution is 2.14. The summed E-state index contributed by atoms with van der Waals surface area (Å²) in [6.45, 7) is 0. The number of methoxy groups -OCH3 is 1. The number of nitrogens with zero attached hydrogens (tertiary/aromatic N) is 2. The first-order valence-corrected chi connectivity index (χ1v) is 5.48. The maximum absolute atomic E-state index is 10.9. The lowest BCUT2D eigenvalue weighted by atomic mass is 10.1. The fourth-order valence-corrected chi connectivity index (χ4v) is 1.74. The van der Waals surface area contributed by atoms with Crippen molar-refractivity contribution in [3.8, 4) is 5.75 Å². The van der Waals surface area contributed by atoms with Gasteiger partial charge in [0, 0.05) is 13.5 Å². The molecule has 5 heteroatoms. The number of rotatable bonds is 4. The smallest absolute Gasteiger partial charge is 0.354 e. The summed E-state index contributed by atoms with van der Waals surface area (Å²) in [5.41, 5.74) is 1.25.